The zero-order chi connectivity index (χ0) is 16.5. The highest BCUT2D eigenvalue weighted by Gasteiger charge is 2.27. The zero-order valence-electron chi connectivity index (χ0n) is 12.8. The smallest absolute Gasteiger partial charge is 0.272 e. The molecule has 1 amide bonds. The van der Waals surface area contributed by atoms with Gasteiger partial charge in [-0.05, 0) is 24.5 Å². The molecule has 0 aliphatic heterocycles. The number of benzene rings is 1. The van der Waals surface area contributed by atoms with E-state index >= 15 is 0 Å². The van der Waals surface area contributed by atoms with Gasteiger partial charge in [0, 0.05) is 11.6 Å². The number of nitrogens with two attached hydrogens (primary N) is 1. The average Bonchev–Trinajstić information content (AvgIpc) is 3.17. The molecule has 1 aliphatic rings. The number of carbonyl (C=O) groups is 1. The molecule has 0 spiro atoms. The number of carbonyl (C=O) groups excluding carboxylic acids is 1. The molecule has 7 nitrogen and oxygen atoms in total. The van der Waals surface area contributed by atoms with Crippen molar-refractivity contribution in [2.75, 3.05) is 5.73 Å². The van der Waals surface area contributed by atoms with Crippen molar-refractivity contribution in [2.24, 2.45) is 0 Å². The Morgan fingerprint density at radius 1 is 1.29 bits per heavy atom. The first-order valence-corrected chi connectivity index (χ1v) is 8.52. The summed E-state index contributed by atoms with van der Waals surface area (Å²) in [5.41, 5.74) is 8.02. The van der Waals surface area contributed by atoms with Crippen LogP contribution >= 0.6 is 11.3 Å². The molecule has 0 radical (unpaired) electrons. The fourth-order valence-corrected chi connectivity index (χ4v) is 3.25. The van der Waals surface area contributed by atoms with Gasteiger partial charge in [-0.3, -0.25) is 9.89 Å². The summed E-state index contributed by atoms with van der Waals surface area (Å²) in [7, 11) is 0. The maximum Gasteiger partial charge on any atom is 0.272 e. The number of nitrogen functional groups attached to an aromatic ring is 1. The van der Waals surface area contributed by atoms with Gasteiger partial charge in [-0.2, -0.15) is 5.10 Å². The Balaban J connectivity index is 1.59. The van der Waals surface area contributed by atoms with Crippen LogP contribution in [-0.2, 0) is 0 Å². The molecule has 1 atom stereocenters. The molecule has 122 valence electrons. The van der Waals surface area contributed by atoms with Crippen LogP contribution in [0.4, 0.5) is 5.13 Å². The predicted octanol–water partition coefficient (Wildman–Crippen LogP) is 2.24. The lowest BCUT2D eigenvalue weighted by atomic mass is 10.1. The molecule has 8 heteroatoms. The van der Waals surface area contributed by atoms with Crippen LogP contribution in [0, 0.1) is 0 Å². The maximum absolute atomic E-state index is 12.6. The highest BCUT2D eigenvalue weighted by Crippen LogP contribution is 2.39. The van der Waals surface area contributed by atoms with Crippen LogP contribution in [0.2, 0.25) is 0 Å². The van der Waals surface area contributed by atoms with Crippen LogP contribution in [0.1, 0.15) is 51.6 Å². The molecule has 4 rings (SSSR count). The van der Waals surface area contributed by atoms with Crippen LogP contribution in [0.3, 0.4) is 0 Å². The third-order valence-corrected chi connectivity index (χ3v) is 4.78. The van der Waals surface area contributed by atoms with Crippen LogP contribution in [-0.4, -0.2) is 26.3 Å². The molecule has 1 aliphatic carbocycles. The van der Waals surface area contributed by atoms with Crippen molar-refractivity contribution >= 4 is 22.4 Å². The summed E-state index contributed by atoms with van der Waals surface area (Å²) in [6.07, 6.45) is 2.31. The second kappa shape index (κ2) is 6.04. The molecule has 0 unspecified atom stereocenters. The maximum atomic E-state index is 12.6. The number of rotatable bonds is 5. The molecule has 3 aromatic rings. The van der Waals surface area contributed by atoms with E-state index < -0.39 is 6.04 Å². The van der Waals surface area contributed by atoms with Crippen LogP contribution in [0.15, 0.2) is 36.4 Å². The molecular formula is C16H16N6OS. The Labute approximate surface area is 142 Å². The van der Waals surface area contributed by atoms with E-state index in [1.165, 1.54) is 11.3 Å². The third-order valence-electron chi connectivity index (χ3n) is 3.96. The van der Waals surface area contributed by atoms with Crippen LogP contribution < -0.4 is 11.1 Å². The van der Waals surface area contributed by atoms with E-state index in [9.17, 15) is 4.79 Å². The van der Waals surface area contributed by atoms with Gasteiger partial charge in [0.05, 0.1) is 0 Å². The first-order chi connectivity index (χ1) is 11.7. The largest absolute Gasteiger partial charge is 0.374 e. The number of H-pyrrole nitrogens is 1. The number of aromatic nitrogens is 4. The van der Waals surface area contributed by atoms with Gasteiger partial charge in [0.1, 0.15) is 16.7 Å². The number of amides is 1. The van der Waals surface area contributed by atoms with Gasteiger partial charge in [0.2, 0.25) is 5.13 Å². The summed E-state index contributed by atoms with van der Waals surface area (Å²) < 4.78 is 0. The summed E-state index contributed by atoms with van der Waals surface area (Å²) in [5.74, 6) is 0.271. The Hall–Kier alpha value is -2.74. The molecule has 1 saturated carbocycles. The third kappa shape index (κ3) is 3.00. The Morgan fingerprint density at radius 2 is 2.08 bits per heavy atom. The van der Waals surface area contributed by atoms with Crippen molar-refractivity contribution in [1.82, 2.24) is 25.7 Å². The van der Waals surface area contributed by atoms with Crippen molar-refractivity contribution in [3.05, 3.63) is 58.4 Å². The fourth-order valence-electron chi connectivity index (χ4n) is 2.56. The van der Waals surface area contributed by atoms with Crippen LogP contribution in [0.25, 0.3) is 0 Å². The first-order valence-electron chi connectivity index (χ1n) is 7.70. The van der Waals surface area contributed by atoms with Crippen LogP contribution in [0.5, 0.6) is 0 Å². The van der Waals surface area contributed by atoms with E-state index in [0.717, 1.165) is 24.1 Å². The summed E-state index contributed by atoms with van der Waals surface area (Å²) in [4.78, 5) is 12.6. The average molecular weight is 340 g/mol. The van der Waals surface area contributed by atoms with Gasteiger partial charge in [0.15, 0.2) is 0 Å². The topological polar surface area (TPSA) is 110 Å². The number of aromatic amines is 1. The fraction of sp³-hybridized carbons (Fsp3) is 0.250. The molecule has 2 aromatic heterocycles. The summed E-state index contributed by atoms with van der Waals surface area (Å²) in [6, 6.07) is 11.0. The molecule has 24 heavy (non-hydrogen) atoms. The van der Waals surface area contributed by atoms with Crippen molar-refractivity contribution in [3.63, 3.8) is 0 Å². The lowest BCUT2D eigenvalue weighted by Gasteiger charge is -2.15. The standard InChI is InChI=1S/C16H16N6OS/c17-16-22-21-15(24-16)13(10-4-2-1-3-5-10)18-14(23)12-8-11(19-20-12)9-6-7-9/h1-5,8-9,13H,6-7H2,(H2,17,22)(H,18,23)(H,19,20)/t13-/m1/s1. The zero-order valence-corrected chi connectivity index (χ0v) is 13.6. The van der Waals surface area contributed by atoms with Gasteiger partial charge in [-0.1, -0.05) is 41.7 Å². The summed E-state index contributed by atoms with van der Waals surface area (Å²) >= 11 is 1.26. The Kier molecular flexibility index (Phi) is 3.73. The van der Waals surface area contributed by atoms with E-state index in [-0.39, 0.29) is 5.91 Å². The number of anilines is 1. The Morgan fingerprint density at radius 3 is 2.75 bits per heavy atom. The normalized spacial score (nSPS) is 15.2. The summed E-state index contributed by atoms with van der Waals surface area (Å²) in [6.45, 7) is 0. The number of nitrogens with one attached hydrogen (secondary N) is 2. The van der Waals surface area contributed by atoms with Crippen molar-refractivity contribution in [3.8, 4) is 0 Å². The Bertz CT molecular complexity index is 854. The van der Waals surface area contributed by atoms with E-state index in [1.54, 1.807) is 0 Å². The molecule has 4 N–H and O–H groups in total. The highest BCUT2D eigenvalue weighted by atomic mass is 32.1. The quantitative estimate of drug-likeness (QED) is 0.660. The van der Waals surface area contributed by atoms with Crippen molar-refractivity contribution < 1.29 is 4.79 Å². The molecule has 1 fully saturated rings. The SMILES string of the molecule is Nc1nnc([C@H](NC(=O)c2cc(C3CC3)[nH]n2)c2ccccc2)s1. The minimum atomic E-state index is -0.408. The van der Waals surface area contributed by atoms with Gasteiger partial charge in [-0.15, -0.1) is 10.2 Å². The predicted molar refractivity (Wildman–Crippen MR) is 90.6 cm³/mol. The van der Waals surface area contributed by atoms with Gasteiger partial charge < -0.3 is 11.1 Å². The number of hydrogen-bond donors (Lipinski definition) is 3. The van der Waals surface area contributed by atoms with Gasteiger partial charge >= 0.3 is 0 Å². The van der Waals surface area contributed by atoms with Gasteiger partial charge in [-0.25, -0.2) is 0 Å². The van der Waals surface area contributed by atoms with E-state index in [1.807, 2.05) is 36.4 Å². The highest BCUT2D eigenvalue weighted by molar-refractivity contribution is 7.15. The molecule has 0 saturated heterocycles. The van der Waals surface area contributed by atoms with E-state index in [2.05, 4.69) is 25.7 Å². The second-order valence-corrected chi connectivity index (χ2v) is 6.82. The minimum Gasteiger partial charge on any atom is -0.374 e. The van der Waals surface area contributed by atoms with Crippen molar-refractivity contribution in [2.45, 2.75) is 24.8 Å². The monoisotopic (exact) mass is 340 g/mol. The van der Waals surface area contributed by atoms with E-state index in [0.29, 0.717) is 21.8 Å². The second-order valence-electron chi connectivity index (χ2n) is 5.78. The van der Waals surface area contributed by atoms with Crippen molar-refractivity contribution in [1.29, 1.82) is 0 Å². The minimum absolute atomic E-state index is 0.249. The first kappa shape index (κ1) is 14.8. The van der Waals surface area contributed by atoms with Gasteiger partial charge in [0.25, 0.3) is 5.91 Å². The number of hydrogen-bond acceptors (Lipinski definition) is 6. The molecule has 1 aromatic carbocycles. The molecular weight excluding hydrogens is 324 g/mol. The summed E-state index contributed by atoms with van der Waals surface area (Å²) in [5, 5.41) is 19.0. The lowest BCUT2D eigenvalue weighted by Crippen LogP contribution is -2.29. The lowest BCUT2D eigenvalue weighted by molar-refractivity contribution is 0.0937. The molecule has 0 bridgehead atoms. The van der Waals surface area contributed by atoms with E-state index in [4.69, 9.17) is 5.73 Å². The number of nitrogens with zero attached hydrogens (tertiary/aromatic N) is 3. The molecule has 2 heterocycles.